The summed E-state index contributed by atoms with van der Waals surface area (Å²) in [6.07, 6.45) is 7.77. The predicted octanol–water partition coefficient (Wildman–Crippen LogP) is 3.06. The molecule has 1 aliphatic carbocycles. The van der Waals surface area contributed by atoms with Gasteiger partial charge >= 0.3 is 0 Å². The molecule has 1 saturated carbocycles. The van der Waals surface area contributed by atoms with Crippen LogP contribution in [0.15, 0.2) is 24.3 Å². The van der Waals surface area contributed by atoms with Crippen LogP contribution < -0.4 is 5.73 Å². The van der Waals surface area contributed by atoms with Crippen molar-refractivity contribution in [2.45, 2.75) is 43.9 Å². The van der Waals surface area contributed by atoms with Crippen molar-refractivity contribution in [3.63, 3.8) is 0 Å². The highest BCUT2D eigenvalue weighted by Gasteiger charge is 2.33. The Hall–Kier alpha value is -1.31. The molecule has 0 unspecified atom stereocenters. The van der Waals surface area contributed by atoms with Crippen molar-refractivity contribution >= 4 is 12.0 Å². The molecular formula is C14H19NO. The number of nitrogen functional groups attached to an aromatic ring is 1. The van der Waals surface area contributed by atoms with Gasteiger partial charge in [0.2, 0.25) is 0 Å². The van der Waals surface area contributed by atoms with Gasteiger partial charge in [-0.1, -0.05) is 43.9 Å². The van der Waals surface area contributed by atoms with E-state index in [4.69, 9.17) is 5.73 Å². The molecule has 16 heavy (non-hydrogen) atoms. The van der Waals surface area contributed by atoms with Gasteiger partial charge in [-0.15, -0.1) is 0 Å². The third-order valence-electron chi connectivity index (χ3n) is 3.72. The number of benzene rings is 1. The van der Waals surface area contributed by atoms with E-state index in [1.54, 1.807) is 0 Å². The lowest BCUT2D eigenvalue weighted by atomic mass is 9.75. The van der Waals surface area contributed by atoms with Crippen LogP contribution in [0.4, 0.5) is 5.69 Å². The summed E-state index contributed by atoms with van der Waals surface area (Å²) in [6.45, 7) is 0. The van der Waals surface area contributed by atoms with Crippen LogP contribution >= 0.6 is 0 Å². The molecule has 0 radical (unpaired) electrons. The van der Waals surface area contributed by atoms with E-state index in [-0.39, 0.29) is 5.41 Å². The highest BCUT2D eigenvalue weighted by Crippen LogP contribution is 2.38. The maximum absolute atomic E-state index is 11.5. The van der Waals surface area contributed by atoms with Gasteiger partial charge in [-0.25, -0.2) is 0 Å². The first-order valence-corrected chi connectivity index (χ1v) is 6.10. The second-order valence-electron chi connectivity index (χ2n) is 4.78. The Labute approximate surface area is 96.8 Å². The van der Waals surface area contributed by atoms with Crippen LogP contribution in [0.3, 0.4) is 0 Å². The first kappa shape index (κ1) is 11.2. The standard InChI is InChI=1S/C14H19NO/c15-13-8-4-3-7-12(13)14(11-16)9-5-1-2-6-10-14/h3-4,7-8,11H,1-2,5-6,9-10,15H2. The Morgan fingerprint density at radius 3 is 2.25 bits per heavy atom. The number of hydrogen-bond acceptors (Lipinski definition) is 2. The number of carbonyl (C=O) groups is 1. The number of hydrogen-bond donors (Lipinski definition) is 1. The molecule has 0 aliphatic heterocycles. The molecule has 2 N–H and O–H groups in total. The highest BCUT2D eigenvalue weighted by molar-refractivity contribution is 5.73. The average molecular weight is 217 g/mol. The quantitative estimate of drug-likeness (QED) is 0.470. The number of para-hydroxylation sites is 1. The van der Waals surface area contributed by atoms with E-state index in [9.17, 15) is 4.79 Å². The fourth-order valence-corrected chi connectivity index (χ4v) is 2.76. The van der Waals surface area contributed by atoms with E-state index in [2.05, 4.69) is 0 Å². The van der Waals surface area contributed by atoms with Crippen LogP contribution in [-0.2, 0) is 10.2 Å². The largest absolute Gasteiger partial charge is 0.398 e. The zero-order valence-corrected chi connectivity index (χ0v) is 9.61. The van der Waals surface area contributed by atoms with Crippen molar-refractivity contribution in [3.8, 4) is 0 Å². The van der Waals surface area contributed by atoms with Gasteiger partial charge in [0.1, 0.15) is 6.29 Å². The first-order valence-electron chi connectivity index (χ1n) is 6.10. The molecule has 1 aromatic carbocycles. The Morgan fingerprint density at radius 1 is 1.06 bits per heavy atom. The molecule has 0 atom stereocenters. The molecule has 1 aliphatic rings. The lowest BCUT2D eigenvalue weighted by Gasteiger charge is -2.28. The summed E-state index contributed by atoms with van der Waals surface area (Å²) in [7, 11) is 0. The molecule has 0 heterocycles. The van der Waals surface area contributed by atoms with E-state index in [1.165, 1.54) is 12.8 Å². The third kappa shape index (κ3) is 1.97. The van der Waals surface area contributed by atoms with Crippen LogP contribution in [0.1, 0.15) is 44.1 Å². The zero-order valence-electron chi connectivity index (χ0n) is 9.61. The lowest BCUT2D eigenvalue weighted by molar-refractivity contribution is -0.113. The van der Waals surface area contributed by atoms with Crippen LogP contribution in [0.5, 0.6) is 0 Å². The first-order chi connectivity index (χ1) is 7.78. The van der Waals surface area contributed by atoms with Gasteiger partial charge in [0.15, 0.2) is 0 Å². The molecule has 0 spiro atoms. The van der Waals surface area contributed by atoms with Gasteiger partial charge in [0.25, 0.3) is 0 Å². The van der Waals surface area contributed by atoms with Gasteiger partial charge in [-0.3, -0.25) is 0 Å². The number of aldehydes is 1. The van der Waals surface area contributed by atoms with Crippen LogP contribution in [0, 0.1) is 0 Å². The molecule has 86 valence electrons. The predicted molar refractivity (Wildman–Crippen MR) is 66.3 cm³/mol. The minimum Gasteiger partial charge on any atom is -0.398 e. The second kappa shape index (κ2) is 4.69. The van der Waals surface area contributed by atoms with Gasteiger partial charge in [-0.2, -0.15) is 0 Å². The second-order valence-corrected chi connectivity index (χ2v) is 4.78. The summed E-state index contributed by atoms with van der Waals surface area (Å²) in [4.78, 5) is 11.5. The van der Waals surface area contributed by atoms with E-state index < -0.39 is 0 Å². The smallest absolute Gasteiger partial charge is 0.130 e. The minimum absolute atomic E-state index is 0.318. The van der Waals surface area contributed by atoms with Crippen molar-refractivity contribution in [2.24, 2.45) is 0 Å². The Balaban J connectivity index is 2.40. The summed E-state index contributed by atoms with van der Waals surface area (Å²) in [6, 6.07) is 7.80. The minimum atomic E-state index is -0.318. The fraction of sp³-hybridized carbons (Fsp3) is 0.500. The Kier molecular flexibility index (Phi) is 3.28. The molecule has 0 aromatic heterocycles. The number of rotatable bonds is 2. The Morgan fingerprint density at radius 2 is 1.69 bits per heavy atom. The highest BCUT2D eigenvalue weighted by atomic mass is 16.1. The van der Waals surface area contributed by atoms with Crippen LogP contribution in [-0.4, -0.2) is 6.29 Å². The van der Waals surface area contributed by atoms with E-state index in [0.717, 1.165) is 43.2 Å². The molecule has 2 rings (SSSR count). The maximum atomic E-state index is 11.5. The Bertz CT molecular complexity index is 365. The maximum Gasteiger partial charge on any atom is 0.130 e. The fourth-order valence-electron chi connectivity index (χ4n) is 2.76. The molecular weight excluding hydrogens is 198 g/mol. The average Bonchev–Trinajstić information content (AvgIpc) is 2.56. The monoisotopic (exact) mass is 217 g/mol. The summed E-state index contributed by atoms with van der Waals surface area (Å²) in [5.41, 5.74) is 7.48. The van der Waals surface area contributed by atoms with Crippen molar-refractivity contribution in [2.75, 3.05) is 5.73 Å². The molecule has 2 heteroatoms. The zero-order chi connectivity index (χ0) is 11.4. The van der Waals surface area contributed by atoms with E-state index in [1.807, 2.05) is 24.3 Å². The van der Waals surface area contributed by atoms with Crippen molar-refractivity contribution in [3.05, 3.63) is 29.8 Å². The van der Waals surface area contributed by atoms with Crippen LogP contribution in [0.25, 0.3) is 0 Å². The van der Waals surface area contributed by atoms with Crippen molar-refractivity contribution in [1.29, 1.82) is 0 Å². The van der Waals surface area contributed by atoms with Crippen molar-refractivity contribution in [1.82, 2.24) is 0 Å². The molecule has 0 bridgehead atoms. The normalized spacial score (nSPS) is 20.0. The van der Waals surface area contributed by atoms with Gasteiger partial charge in [0.05, 0.1) is 5.41 Å². The topological polar surface area (TPSA) is 43.1 Å². The van der Waals surface area contributed by atoms with Gasteiger partial charge in [0, 0.05) is 5.69 Å². The summed E-state index contributed by atoms with van der Waals surface area (Å²) >= 11 is 0. The van der Waals surface area contributed by atoms with Gasteiger partial charge in [-0.05, 0) is 24.5 Å². The van der Waals surface area contributed by atoms with E-state index >= 15 is 0 Å². The SMILES string of the molecule is Nc1ccccc1C1(C=O)CCCCCC1. The number of nitrogens with two attached hydrogens (primary N) is 1. The molecule has 1 fully saturated rings. The molecule has 1 aromatic rings. The van der Waals surface area contributed by atoms with Crippen LogP contribution in [0.2, 0.25) is 0 Å². The summed E-state index contributed by atoms with van der Waals surface area (Å²) in [5.74, 6) is 0. The molecule has 2 nitrogen and oxygen atoms in total. The van der Waals surface area contributed by atoms with Crippen molar-refractivity contribution < 1.29 is 4.79 Å². The van der Waals surface area contributed by atoms with Gasteiger partial charge < -0.3 is 10.5 Å². The molecule has 0 amide bonds. The number of anilines is 1. The lowest BCUT2D eigenvalue weighted by Crippen LogP contribution is -2.28. The summed E-state index contributed by atoms with van der Waals surface area (Å²) < 4.78 is 0. The third-order valence-corrected chi connectivity index (χ3v) is 3.72. The van der Waals surface area contributed by atoms with E-state index in [0.29, 0.717) is 0 Å². The summed E-state index contributed by atoms with van der Waals surface area (Å²) in [5, 5.41) is 0. The molecule has 0 saturated heterocycles. The number of carbonyl (C=O) groups excluding carboxylic acids is 1.